The monoisotopic (exact) mass is 199 g/mol. The molecule has 0 radical (unpaired) electrons. The third kappa shape index (κ3) is 6.01. The van der Waals surface area contributed by atoms with Crippen molar-refractivity contribution in [3.8, 4) is 0 Å². The van der Waals surface area contributed by atoms with Gasteiger partial charge in [-0.25, -0.2) is 0 Å². The Bertz CT molecular complexity index is 154. The molecular formula is C12H23O2-. The molecule has 0 spiro atoms. The topological polar surface area (TPSA) is 40.1 Å². The molecule has 2 nitrogen and oxygen atoms in total. The Kier molecular flexibility index (Phi) is 7.54. The van der Waals surface area contributed by atoms with Crippen molar-refractivity contribution in [1.82, 2.24) is 0 Å². The van der Waals surface area contributed by atoms with E-state index < -0.39 is 5.97 Å². The highest BCUT2D eigenvalue weighted by Gasteiger charge is 2.10. The molecule has 0 fully saturated rings. The zero-order chi connectivity index (χ0) is 11.0. The number of hydrogen-bond donors (Lipinski definition) is 0. The number of carbonyl (C=O) groups is 1. The lowest BCUT2D eigenvalue weighted by Crippen LogP contribution is -2.31. The van der Waals surface area contributed by atoms with Crippen molar-refractivity contribution >= 4 is 5.97 Å². The molecule has 0 aliphatic carbocycles. The van der Waals surface area contributed by atoms with Gasteiger partial charge in [-0.15, -0.1) is 0 Å². The summed E-state index contributed by atoms with van der Waals surface area (Å²) in [6, 6.07) is 0. The minimum atomic E-state index is -0.865. The number of rotatable bonds is 8. The molecule has 0 aliphatic heterocycles. The SMILES string of the molecule is CCCC(C)CCC(CCC)C(=O)[O-]. The van der Waals surface area contributed by atoms with E-state index in [-0.39, 0.29) is 5.92 Å². The highest BCUT2D eigenvalue weighted by atomic mass is 16.4. The second-order valence-electron chi connectivity index (χ2n) is 4.28. The average molecular weight is 199 g/mol. The van der Waals surface area contributed by atoms with Crippen molar-refractivity contribution in [3.63, 3.8) is 0 Å². The first-order valence-corrected chi connectivity index (χ1v) is 5.82. The summed E-state index contributed by atoms with van der Waals surface area (Å²) in [5, 5.41) is 10.7. The molecule has 0 bridgehead atoms. The third-order valence-corrected chi connectivity index (χ3v) is 2.76. The van der Waals surface area contributed by atoms with Gasteiger partial charge in [-0.2, -0.15) is 0 Å². The third-order valence-electron chi connectivity index (χ3n) is 2.76. The molecular weight excluding hydrogens is 176 g/mol. The highest BCUT2D eigenvalue weighted by molar-refractivity contribution is 5.67. The second kappa shape index (κ2) is 7.84. The van der Waals surface area contributed by atoms with Crippen LogP contribution in [0.2, 0.25) is 0 Å². The molecule has 2 unspecified atom stereocenters. The zero-order valence-electron chi connectivity index (χ0n) is 9.71. The molecule has 0 heterocycles. The molecule has 0 aromatic rings. The quantitative estimate of drug-likeness (QED) is 0.602. The smallest absolute Gasteiger partial charge is 0.0445 e. The number of carbonyl (C=O) groups excluding carboxylic acids is 1. The predicted molar refractivity (Wildman–Crippen MR) is 56.7 cm³/mol. The summed E-state index contributed by atoms with van der Waals surface area (Å²) in [6.07, 6.45) is 5.89. The van der Waals surface area contributed by atoms with Crippen LogP contribution in [0.1, 0.15) is 59.3 Å². The van der Waals surface area contributed by atoms with E-state index in [1.165, 1.54) is 12.8 Å². The van der Waals surface area contributed by atoms with Gasteiger partial charge in [0.1, 0.15) is 0 Å². The molecule has 0 saturated carbocycles. The number of hydrogen-bond acceptors (Lipinski definition) is 2. The Morgan fingerprint density at radius 3 is 2.07 bits per heavy atom. The van der Waals surface area contributed by atoms with Crippen molar-refractivity contribution in [1.29, 1.82) is 0 Å². The zero-order valence-corrected chi connectivity index (χ0v) is 9.71. The fraction of sp³-hybridized carbons (Fsp3) is 0.917. The first-order chi connectivity index (χ1) is 6.61. The summed E-state index contributed by atoms with van der Waals surface area (Å²) in [5.74, 6) is -0.437. The van der Waals surface area contributed by atoms with Gasteiger partial charge in [0.2, 0.25) is 0 Å². The lowest BCUT2D eigenvalue weighted by molar-refractivity contribution is -0.312. The standard InChI is InChI=1S/C12H24O2/c1-4-6-10(3)8-9-11(7-5-2)12(13)14/h10-11H,4-9H2,1-3H3,(H,13,14)/p-1. The average Bonchev–Trinajstić information content (AvgIpc) is 2.12. The molecule has 0 aromatic heterocycles. The largest absolute Gasteiger partial charge is 0.550 e. The van der Waals surface area contributed by atoms with Gasteiger partial charge in [0.15, 0.2) is 0 Å². The van der Waals surface area contributed by atoms with Crippen molar-refractivity contribution in [2.75, 3.05) is 0 Å². The van der Waals surface area contributed by atoms with Crippen LogP contribution in [0.15, 0.2) is 0 Å². The van der Waals surface area contributed by atoms with Crippen LogP contribution in [-0.4, -0.2) is 5.97 Å². The van der Waals surface area contributed by atoms with Crippen LogP contribution in [0.5, 0.6) is 0 Å². The highest BCUT2D eigenvalue weighted by Crippen LogP contribution is 2.19. The van der Waals surface area contributed by atoms with E-state index in [1.807, 2.05) is 6.92 Å². The van der Waals surface area contributed by atoms with Gasteiger partial charge >= 0.3 is 0 Å². The van der Waals surface area contributed by atoms with Crippen molar-refractivity contribution in [2.45, 2.75) is 59.3 Å². The first-order valence-electron chi connectivity index (χ1n) is 5.82. The van der Waals surface area contributed by atoms with Crippen LogP contribution >= 0.6 is 0 Å². The summed E-state index contributed by atoms with van der Waals surface area (Å²) in [6.45, 7) is 6.38. The van der Waals surface area contributed by atoms with E-state index in [1.54, 1.807) is 0 Å². The number of aliphatic carboxylic acids is 1. The first kappa shape index (κ1) is 13.5. The fourth-order valence-electron chi connectivity index (χ4n) is 1.85. The molecule has 0 N–H and O–H groups in total. The Labute approximate surface area is 87.7 Å². The van der Waals surface area contributed by atoms with E-state index in [2.05, 4.69) is 13.8 Å². The predicted octanol–water partition coefficient (Wildman–Crippen LogP) is 2.37. The maximum absolute atomic E-state index is 10.7. The van der Waals surface area contributed by atoms with Gasteiger partial charge < -0.3 is 9.90 Å². The van der Waals surface area contributed by atoms with Gasteiger partial charge in [-0.3, -0.25) is 0 Å². The molecule has 2 heteroatoms. The Hall–Kier alpha value is -0.530. The molecule has 2 atom stereocenters. The summed E-state index contributed by atoms with van der Waals surface area (Å²) in [4.78, 5) is 10.7. The summed E-state index contributed by atoms with van der Waals surface area (Å²) in [5.41, 5.74) is 0. The maximum atomic E-state index is 10.7. The van der Waals surface area contributed by atoms with Crippen molar-refractivity contribution in [2.24, 2.45) is 11.8 Å². The van der Waals surface area contributed by atoms with Crippen molar-refractivity contribution < 1.29 is 9.90 Å². The van der Waals surface area contributed by atoms with Crippen LogP contribution in [0, 0.1) is 11.8 Å². The second-order valence-corrected chi connectivity index (χ2v) is 4.28. The molecule has 0 aromatic carbocycles. The van der Waals surface area contributed by atoms with Crippen LogP contribution in [0.4, 0.5) is 0 Å². The van der Waals surface area contributed by atoms with Gasteiger partial charge in [0.05, 0.1) is 0 Å². The maximum Gasteiger partial charge on any atom is 0.0445 e. The van der Waals surface area contributed by atoms with Crippen LogP contribution in [-0.2, 0) is 4.79 Å². The molecule has 0 aliphatic rings. The molecule has 0 amide bonds. The number of carboxylic acid groups (broad SMARTS) is 1. The van der Waals surface area contributed by atoms with Crippen LogP contribution < -0.4 is 5.11 Å². The van der Waals surface area contributed by atoms with Gasteiger partial charge in [0, 0.05) is 5.97 Å². The van der Waals surface area contributed by atoms with E-state index in [0.29, 0.717) is 5.92 Å². The molecule has 84 valence electrons. The summed E-state index contributed by atoms with van der Waals surface area (Å²) < 4.78 is 0. The fourth-order valence-corrected chi connectivity index (χ4v) is 1.85. The minimum absolute atomic E-state index is 0.223. The summed E-state index contributed by atoms with van der Waals surface area (Å²) >= 11 is 0. The van der Waals surface area contributed by atoms with Crippen molar-refractivity contribution in [3.05, 3.63) is 0 Å². The molecule has 0 saturated heterocycles. The van der Waals surface area contributed by atoms with E-state index in [4.69, 9.17) is 0 Å². The lowest BCUT2D eigenvalue weighted by Gasteiger charge is -2.19. The Morgan fingerprint density at radius 2 is 1.64 bits per heavy atom. The minimum Gasteiger partial charge on any atom is -0.550 e. The normalized spacial score (nSPS) is 15.1. The van der Waals surface area contributed by atoms with E-state index in [0.717, 1.165) is 25.7 Å². The van der Waals surface area contributed by atoms with Crippen LogP contribution in [0.25, 0.3) is 0 Å². The van der Waals surface area contributed by atoms with Gasteiger partial charge in [-0.05, 0) is 24.7 Å². The van der Waals surface area contributed by atoms with Gasteiger partial charge in [0.25, 0.3) is 0 Å². The Morgan fingerprint density at radius 1 is 1.07 bits per heavy atom. The van der Waals surface area contributed by atoms with Crippen LogP contribution in [0.3, 0.4) is 0 Å². The lowest BCUT2D eigenvalue weighted by atomic mass is 9.91. The summed E-state index contributed by atoms with van der Waals surface area (Å²) in [7, 11) is 0. The molecule has 0 rings (SSSR count). The molecule has 14 heavy (non-hydrogen) atoms. The van der Waals surface area contributed by atoms with Gasteiger partial charge in [-0.1, -0.05) is 46.5 Å². The Balaban J connectivity index is 3.75. The number of carboxylic acids is 1. The van der Waals surface area contributed by atoms with E-state index >= 15 is 0 Å². The van der Waals surface area contributed by atoms with E-state index in [9.17, 15) is 9.90 Å².